The van der Waals surface area contributed by atoms with E-state index in [4.69, 9.17) is 5.73 Å². The van der Waals surface area contributed by atoms with Crippen molar-refractivity contribution in [2.75, 3.05) is 5.73 Å². The van der Waals surface area contributed by atoms with Crippen LogP contribution >= 0.6 is 0 Å². The van der Waals surface area contributed by atoms with E-state index in [0.29, 0.717) is 5.82 Å². The summed E-state index contributed by atoms with van der Waals surface area (Å²) in [7, 11) is 0. The maximum absolute atomic E-state index is 5.41. The summed E-state index contributed by atoms with van der Waals surface area (Å²) in [5, 5.41) is 0. The number of nitrogens with zero attached hydrogens (tertiary/aromatic N) is 4. The Hall–Kier alpha value is -2.04. The molecule has 2 aromatic heterocycles. The molecule has 2 N–H and O–H groups in total. The van der Waals surface area contributed by atoms with Gasteiger partial charge in [-0.1, -0.05) is 0 Å². The van der Waals surface area contributed by atoms with E-state index in [-0.39, 0.29) is 5.95 Å². The minimum atomic E-state index is 0.217. The van der Waals surface area contributed by atoms with Gasteiger partial charge in [-0.05, 0) is 12.1 Å². The molecule has 0 aromatic carbocycles. The van der Waals surface area contributed by atoms with E-state index < -0.39 is 0 Å². The molecule has 0 radical (unpaired) electrons. The fourth-order valence-electron chi connectivity index (χ4n) is 0.943. The third-order valence-electron chi connectivity index (χ3n) is 1.51. The lowest BCUT2D eigenvalue weighted by Crippen LogP contribution is -1.97. The standard InChI is InChI=1S/C8H7N5/c9-8-12-5-11-7(13-8)6-2-1-3-10-4-6/h1-5H,(H2,9,11,12,13). The maximum atomic E-state index is 5.41. The number of hydrogen-bond donors (Lipinski definition) is 1. The van der Waals surface area contributed by atoms with Gasteiger partial charge in [-0.15, -0.1) is 0 Å². The van der Waals surface area contributed by atoms with Crippen LogP contribution in [0, 0.1) is 0 Å². The van der Waals surface area contributed by atoms with Crippen molar-refractivity contribution < 1.29 is 0 Å². The Morgan fingerprint density at radius 2 is 2.15 bits per heavy atom. The second kappa shape index (κ2) is 3.14. The molecular formula is C8H7N5. The smallest absolute Gasteiger partial charge is 0.223 e. The molecule has 13 heavy (non-hydrogen) atoms. The number of anilines is 1. The molecule has 0 amide bonds. The van der Waals surface area contributed by atoms with Crippen molar-refractivity contribution in [3.8, 4) is 11.4 Å². The number of hydrogen-bond acceptors (Lipinski definition) is 5. The largest absolute Gasteiger partial charge is 0.368 e. The average Bonchev–Trinajstić information content (AvgIpc) is 2.19. The Labute approximate surface area is 74.7 Å². The van der Waals surface area contributed by atoms with Gasteiger partial charge in [-0.25, -0.2) is 9.97 Å². The number of nitrogen functional groups attached to an aromatic ring is 1. The van der Waals surface area contributed by atoms with Crippen molar-refractivity contribution in [3.05, 3.63) is 30.9 Å². The highest BCUT2D eigenvalue weighted by Crippen LogP contribution is 2.11. The van der Waals surface area contributed by atoms with Crippen molar-refractivity contribution in [1.29, 1.82) is 0 Å². The zero-order chi connectivity index (χ0) is 9.10. The molecule has 5 nitrogen and oxygen atoms in total. The summed E-state index contributed by atoms with van der Waals surface area (Å²) in [5.41, 5.74) is 6.24. The highest BCUT2D eigenvalue weighted by Gasteiger charge is 2.00. The van der Waals surface area contributed by atoms with Gasteiger partial charge >= 0.3 is 0 Å². The second-order valence-electron chi connectivity index (χ2n) is 2.41. The summed E-state index contributed by atoms with van der Waals surface area (Å²) in [6.45, 7) is 0. The van der Waals surface area contributed by atoms with Gasteiger partial charge in [-0.2, -0.15) is 4.98 Å². The maximum Gasteiger partial charge on any atom is 0.223 e. The van der Waals surface area contributed by atoms with Gasteiger partial charge in [0.15, 0.2) is 5.82 Å². The Morgan fingerprint density at radius 1 is 1.23 bits per heavy atom. The lowest BCUT2D eigenvalue weighted by molar-refractivity contribution is 1.07. The Bertz CT molecular complexity index is 400. The molecule has 0 saturated heterocycles. The van der Waals surface area contributed by atoms with Crippen LogP contribution in [-0.2, 0) is 0 Å². The van der Waals surface area contributed by atoms with Crippen molar-refractivity contribution in [3.63, 3.8) is 0 Å². The van der Waals surface area contributed by atoms with Crippen LogP contribution < -0.4 is 5.73 Å². The van der Waals surface area contributed by atoms with E-state index in [1.54, 1.807) is 12.4 Å². The first-order chi connectivity index (χ1) is 6.36. The number of rotatable bonds is 1. The lowest BCUT2D eigenvalue weighted by Gasteiger charge is -1.97. The van der Waals surface area contributed by atoms with Crippen LogP contribution in [0.3, 0.4) is 0 Å². The van der Waals surface area contributed by atoms with Gasteiger partial charge in [0.25, 0.3) is 0 Å². The van der Waals surface area contributed by atoms with Crippen molar-refractivity contribution in [2.45, 2.75) is 0 Å². The summed E-state index contributed by atoms with van der Waals surface area (Å²) in [4.78, 5) is 15.6. The van der Waals surface area contributed by atoms with Crippen LogP contribution in [-0.4, -0.2) is 19.9 Å². The predicted molar refractivity (Wildman–Crippen MR) is 47.5 cm³/mol. The molecule has 0 aliphatic carbocycles. The van der Waals surface area contributed by atoms with Crippen LogP contribution in [0.25, 0.3) is 11.4 Å². The fourth-order valence-corrected chi connectivity index (χ4v) is 0.943. The first kappa shape index (κ1) is 7.60. The third-order valence-corrected chi connectivity index (χ3v) is 1.51. The predicted octanol–water partition coefficient (Wildman–Crippen LogP) is 0.516. The molecule has 0 aliphatic rings. The molecule has 0 bridgehead atoms. The van der Waals surface area contributed by atoms with Gasteiger partial charge in [-0.3, -0.25) is 4.98 Å². The molecule has 0 unspecified atom stereocenters. The summed E-state index contributed by atoms with van der Waals surface area (Å²) in [6, 6.07) is 3.68. The molecular weight excluding hydrogens is 166 g/mol. The number of nitrogens with two attached hydrogens (primary N) is 1. The van der Waals surface area contributed by atoms with E-state index in [1.807, 2.05) is 12.1 Å². The third kappa shape index (κ3) is 1.58. The zero-order valence-electron chi connectivity index (χ0n) is 6.75. The van der Waals surface area contributed by atoms with Crippen LogP contribution in [0.5, 0.6) is 0 Å². The van der Waals surface area contributed by atoms with Gasteiger partial charge in [0, 0.05) is 18.0 Å². The van der Waals surface area contributed by atoms with Gasteiger partial charge in [0.2, 0.25) is 5.95 Å². The molecule has 5 heteroatoms. The van der Waals surface area contributed by atoms with Gasteiger partial charge < -0.3 is 5.73 Å². The van der Waals surface area contributed by atoms with E-state index in [0.717, 1.165) is 5.56 Å². The van der Waals surface area contributed by atoms with Gasteiger partial charge in [0.05, 0.1) is 0 Å². The Kier molecular flexibility index (Phi) is 1.84. The zero-order valence-corrected chi connectivity index (χ0v) is 6.75. The molecule has 0 aliphatic heterocycles. The summed E-state index contributed by atoms with van der Waals surface area (Å²) in [5.74, 6) is 0.759. The van der Waals surface area contributed by atoms with Crippen molar-refractivity contribution in [2.24, 2.45) is 0 Å². The number of aromatic nitrogens is 4. The first-order valence-electron chi connectivity index (χ1n) is 3.71. The Morgan fingerprint density at radius 3 is 2.85 bits per heavy atom. The minimum absolute atomic E-state index is 0.217. The summed E-state index contributed by atoms with van der Waals surface area (Å²) in [6.07, 6.45) is 4.74. The molecule has 0 saturated carbocycles. The molecule has 0 spiro atoms. The SMILES string of the molecule is Nc1ncnc(-c2cccnc2)n1. The highest BCUT2D eigenvalue weighted by atomic mass is 15.1. The van der Waals surface area contributed by atoms with Crippen LogP contribution in [0.4, 0.5) is 5.95 Å². The summed E-state index contributed by atoms with van der Waals surface area (Å²) >= 11 is 0. The quantitative estimate of drug-likeness (QED) is 0.680. The molecule has 0 atom stereocenters. The van der Waals surface area contributed by atoms with Crippen molar-refractivity contribution >= 4 is 5.95 Å². The van der Waals surface area contributed by atoms with Crippen LogP contribution in [0.1, 0.15) is 0 Å². The minimum Gasteiger partial charge on any atom is -0.368 e. The van der Waals surface area contributed by atoms with E-state index in [1.165, 1.54) is 6.33 Å². The monoisotopic (exact) mass is 173 g/mol. The van der Waals surface area contributed by atoms with E-state index >= 15 is 0 Å². The second-order valence-corrected chi connectivity index (χ2v) is 2.41. The summed E-state index contributed by atoms with van der Waals surface area (Å²) < 4.78 is 0. The fraction of sp³-hybridized carbons (Fsp3) is 0. The molecule has 64 valence electrons. The van der Waals surface area contributed by atoms with Crippen LogP contribution in [0.2, 0.25) is 0 Å². The molecule has 0 fully saturated rings. The Balaban J connectivity index is 2.48. The molecule has 2 rings (SSSR count). The topological polar surface area (TPSA) is 77.6 Å². The first-order valence-corrected chi connectivity index (χ1v) is 3.71. The van der Waals surface area contributed by atoms with Gasteiger partial charge in [0.1, 0.15) is 6.33 Å². The lowest BCUT2D eigenvalue weighted by atomic mass is 10.3. The highest BCUT2D eigenvalue weighted by molar-refractivity contribution is 5.53. The molecule has 2 heterocycles. The molecule has 2 aromatic rings. The normalized spacial score (nSPS) is 9.85. The average molecular weight is 173 g/mol. The number of pyridine rings is 1. The van der Waals surface area contributed by atoms with E-state index in [2.05, 4.69) is 19.9 Å². The van der Waals surface area contributed by atoms with Crippen LogP contribution in [0.15, 0.2) is 30.9 Å². The van der Waals surface area contributed by atoms with Crippen molar-refractivity contribution in [1.82, 2.24) is 19.9 Å². The van der Waals surface area contributed by atoms with E-state index in [9.17, 15) is 0 Å².